The van der Waals surface area contributed by atoms with Crippen LogP contribution in [0.5, 0.6) is 5.75 Å². The minimum absolute atomic E-state index is 0.00371. The predicted octanol–water partition coefficient (Wildman–Crippen LogP) is 1.58. The fraction of sp³-hybridized carbons (Fsp3) is 0.500. The third-order valence-corrected chi connectivity index (χ3v) is 3.31. The molecule has 1 fully saturated rings. The van der Waals surface area contributed by atoms with Gasteiger partial charge in [0, 0.05) is 18.5 Å². The van der Waals surface area contributed by atoms with Gasteiger partial charge in [-0.2, -0.15) is 0 Å². The summed E-state index contributed by atoms with van der Waals surface area (Å²) in [6, 6.07) is 4.87. The Morgan fingerprint density at radius 1 is 1.53 bits per heavy atom. The number of halogens is 1. The van der Waals surface area contributed by atoms with Crippen molar-refractivity contribution >= 4 is 5.91 Å². The van der Waals surface area contributed by atoms with Crippen LogP contribution in [0.3, 0.4) is 0 Å². The molecule has 0 heterocycles. The second-order valence-corrected chi connectivity index (χ2v) is 4.84. The molecule has 0 aromatic heterocycles. The number of benzene rings is 1. The highest BCUT2D eigenvalue weighted by Crippen LogP contribution is 2.25. The fourth-order valence-corrected chi connectivity index (χ4v) is 2.14. The summed E-state index contributed by atoms with van der Waals surface area (Å²) in [6.07, 6.45) is 1.48. The zero-order valence-electron chi connectivity index (χ0n) is 11.0. The van der Waals surface area contributed by atoms with E-state index >= 15 is 0 Å². The van der Waals surface area contributed by atoms with E-state index in [1.54, 1.807) is 19.1 Å². The Hall–Kier alpha value is -1.62. The molecule has 1 amide bonds. The molecule has 0 atom stereocenters. The molecule has 0 radical (unpaired) electrons. The first-order valence-corrected chi connectivity index (χ1v) is 6.54. The van der Waals surface area contributed by atoms with Crippen molar-refractivity contribution < 1.29 is 13.9 Å². The lowest BCUT2D eigenvalue weighted by Gasteiger charge is -2.31. The maximum atomic E-state index is 13.6. The van der Waals surface area contributed by atoms with Crippen molar-refractivity contribution in [3.63, 3.8) is 0 Å². The average Bonchev–Trinajstić information content (AvgIpc) is 2.35. The second kappa shape index (κ2) is 6.02. The van der Waals surface area contributed by atoms with Gasteiger partial charge in [0.15, 0.2) is 11.6 Å². The van der Waals surface area contributed by atoms with Crippen LogP contribution in [0, 0.1) is 11.7 Å². The van der Waals surface area contributed by atoms with Gasteiger partial charge < -0.3 is 15.8 Å². The van der Waals surface area contributed by atoms with Crippen LogP contribution in [-0.4, -0.2) is 18.6 Å². The Labute approximate surface area is 112 Å². The zero-order valence-corrected chi connectivity index (χ0v) is 11.0. The molecular formula is C14H19FN2O2. The molecule has 1 saturated carbocycles. The van der Waals surface area contributed by atoms with Crippen LogP contribution in [0.1, 0.15) is 25.3 Å². The lowest BCUT2D eigenvalue weighted by Crippen LogP contribution is -2.44. The number of hydrogen-bond acceptors (Lipinski definition) is 3. The normalized spacial score (nSPS) is 21.6. The molecule has 104 valence electrons. The molecule has 0 spiro atoms. The molecular weight excluding hydrogens is 247 g/mol. The van der Waals surface area contributed by atoms with Gasteiger partial charge >= 0.3 is 0 Å². The van der Waals surface area contributed by atoms with Gasteiger partial charge in [-0.05, 0) is 37.5 Å². The summed E-state index contributed by atoms with van der Waals surface area (Å²) in [6.45, 7) is 2.56. The molecule has 1 aliphatic carbocycles. The summed E-state index contributed by atoms with van der Waals surface area (Å²) in [5, 5.41) is 2.80. The predicted molar refractivity (Wildman–Crippen MR) is 70.1 cm³/mol. The Balaban J connectivity index is 1.86. The van der Waals surface area contributed by atoms with Gasteiger partial charge in [-0.1, -0.05) is 6.07 Å². The van der Waals surface area contributed by atoms with E-state index in [0.29, 0.717) is 13.2 Å². The number of nitrogens with two attached hydrogens (primary N) is 1. The first-order valence-electron chi connectivity index (χ1n) is 6.54. The SMILES string of the molecule is CCOc1ccc(CNC(=O)C2CC(N)C2)cc1F. The molecule has 0 aliphatic heterocycles. The van der Waals surface area contributed by atoms with Crippen LogP contribution in [-0.2, 0) is 11.3 Å². The summed E-state index contributed by atoms with van der Waals surface area (Å²) in [5.41, 5.74) is 6.36. The van der Waals surface area contributed by atoms with Crippen LogP contribution in [0.15, 0.2) is 18.2 Å². The maximum Gasteiger partial charge on any atom is 0.223 e. The molecule has 0 saturated heterocycles. The smallest absolute Gasteiger partial charge is 0.223 e. The van der Waals surface area contributed by atoms with Gasteiger partial charge in [0.25, 0.3) is 0 Å². The number of carbonyl (C=O) groups is 1. The Morgan fingerprint density at radius 2 is 2.26 bits per heavy atom. The molecule has 3 N–H and O–H groups in total. The quantitative estimate of drug-likeness (QED) is 0.850. The number of nitrogens with one attached hydrogen (secondary N) is 1. The molecule has 19 heavy (non-hydrogen) atoms. The van der Waals surface area contributed by atoms with Gasteiger partial charge in [-0.15, -0.1) is 0 Å². The molecule has 4 nitrogen and oxygen atoms in total. The summed E-state index contributed by atoms with van der Waals surface area (Å²) < 4.78 is 18.7. The van der Waals surface area contributed by atoms with Crippen LogP contribution in [0.2, 0.25) is 0 Å². The van der Waals surface area contributed by atoms with Crippen molar-refractivity contribution in [1.29, 1.82) is 0 Å². The van der Waals surface area contributed by atoms with Crippen molar-refractivity contribution in [3.05, 3.63) is 29.6 Å². The third-order valence-electron chi connectivity index (χ3n) is 3.31. The number of ether oxygens (including phenoxy) is 1. The van der Waals surface area contributed by atoms with Gasteiger partial charge in [-0.25, -0.2) is 4.39 Å². The first-order chi connectivity index (χ1) is 9.10. The molecule has 1 aromatic carbocycles. The van der Waals surface area contributed by atoms with Crippen LogP contribution in [0.4, 0.5) is 4.39 Å². The zero-order chi connectivity index (χ0) is 13.8. The van der Waals surface area contributed by atoms with E-state index in [4.69, 9.17) is 10.5 Å². The second-order valence-electron chi connectivity index (χ2n) is 4.84. The number of hydrogen-bond donors (Lipinski definition) is 2. The molecule has 1 aliphatic rings. The van der Waals surface area contributed by atoms with E-state index in [9.17, 15) is 9.18 Å². The van der Waals surface area contributed by atoms with Crippen molar-refractivity contribution in [3.8, 4) is 5.75 Å². The van der Waals surface area contributed by atoms with Crippen LogP contribution < -0.4 is 15.8 Å². The van der Waals surface area contributed by atoms with Crippen LogP contribution in [0.25, 0.3) is 0 Å². The van der Waals surface area contributed by atoms with Crippen LogP contribution >= 0.6 is 0 Å². The van der Waals surface area contributed by atoms with E-state index in [-0.39, 0.29) is 23.6 Å². The van der Waals surface area contributed by atoms with E-state index in [1.165, 1.54) is 6.07 Å². The highest BCUT2D eigenvalue weighted by Gasteiger charge is 2.31. The lowest BCUT2D eigenvalue weighted by atomic mass is 9.80. The van der Waals surface area contributed by atoms with E-state index < -0.39 is 5.82 Å². The third kappa shape index (κ3) is 3.44. The minimum Gasteiger partial charge on any atom is -0.491 e. The van der Waals surface area contributed by atoms with Gasteiger partial charge in [0.1, 0.15) is 0 Å². The molecule has 0 bridgehead atoms. The van der Waals surface area contributed by atoms with E-state index in [1.807, 2.05) is 0 Å². The number of rotatable bonds is 5. The number of amides is 1. The number of carbonyl (C=O) groups excluding carboxylic acids is 1. The average molecular weight is 266 g/mol. The standard InChI is InChI=1S/C14H19FN2O2/c1-2-19-13-4-3-9(5-12(13)15)8-17-14(18)10-6-11(16)7-10/h3-5,10-11H,2,6-8,16H2,1H3,(H,17,18). The summed E-state index contributed by atoms with van der Waals surface area (Å²) >= 11 is 0. The first kappa shape index (κ1) is 13.8. The molecule has 1 aromatic rings. The monoisotopic (exact) mass is 266 g/mol. The van der Waals surface area contributed by atoms with Gasteiger partial charge in [-0.3, -0.25) is 4.79 Å². The molecule has 0 unspecified atom stereocenters. The maximum absolute atomic E-state index is 13.6. The highest BCUT2D eigenvalue weighted by molar-refractivity contribution is 5.79. The Kier molecular flexibility index (Phi) is 4.37. The van der Waals surface area contributed by atoms with Crippen molar-refractivity contribution in [1.82, 2.24) is 5.32 Å². The van der Waals surface area contributed by atoms with Gasteiger partial charge in [0.05, 0.1) is 6.61 Å². The van der Waals surface area contributed by atoms with Crippen molar-refractivity contribution in [2.24, 2.45) is 11.7 Å². The Bertz CT molecular complexity index is 459. The van der Waals surface area contributed by atoms with Crippen molar-refractivity contribution in [2.45, 2.75) is 32.4 Å². The van der Waals surface area contributed by atoms with Gasteiger partial charge in [0.2, 0.25) is 5.91 Å². The molecule has 2 rings (SSSR count). The molecule has 5 heteroatoms. The summed E-state index contributed by atoms with van der Waals surface area (Å²) in [7, 11) is 0. The van der Waals surface area contributed by atoms with E-state index in [0.717, 1.165) is 18.4 Å². The minimum atomic E-state index is -0.403. The fourth-order valence-electron chi connectivity index (χ4n) is 2.14. The highest BCUT2D eigenvalue weighted by atomic mass is 19.1. The largest absolute Gasteiger partial charge is 0.491 e. The van der Waals surface area contributed by atoms with E-state index in [2.05, 4.69) is 5.32 Å². The summed E-state index contributed by atoms with van der Waals surface area (Å²) in [5.74, 6) is -0.152. The summed E-state index contributed by atoms with van der Waals surface area (Å²) in [4.78, 5) is 11.7. The lowest BCUT2D eigenvalue weighted by molar-refractivity contribution is -0.128. The Morgan fingerprint density at radius 3 is 2.84 bits per heavy atom. The topological polar surface area (TPSA) is 64.3 Å². The van der Waals surface area contributed by atoms with Crippen molar-refractivity contribution in [2.75, 3.05) is 6.61 Å².